The molecule has 38 heavy (non-hydrogen) atoms. The summed E-state index contributed by atoms with van der Waals surface area (Å²) in [7, 11) is 2.84. The molecule has 1 N–H and O–H groups in total. The van der Waals surface area contributed by atoms with Gasteiger partial charge in [-0.2, -0.15) is 0 Å². The van der Waals surface area contributed by atoms with Gasteiger partial charge in [-0.05, 0) is 47.5 Å². The molecule has 0 spiro atoms. The fraction of sp³-hybridized carbons (Fsp3) is 0.103. The second-order valence-electron chi connectivity index (χ2n) is 8.39. The van der Waals surface area contributed by atoms with Crippen LogP contribution < -0.4 is 9.64 Å². The molecule has 4 aromatic rings. The Hall–Kier alpha value is -4.76. The molecule has 3 aromatic carbocycles. The predicted molar refractivity (Wildman–Crippen MR) is 144 cm³/mol. The van der Waals surface area contributed by atoms with Gasteiger partial charge in [0.05, 0.1) is 41.6 Å². The van der Waals surface area contributed by atoms with Gasteiger partial charge in [0, 0.05) is 0 Å². The second-order valence-corrected chi connectivity index (χ2v) is 9.40. The summed E-state index contributed by atoms with van der Waals surface area (Å²) in [6.07, 6.45) is 2.95. The Kier molecular flexibility index (Phi) is 6.76. The van der Waals surface area contributed by atoms with Crippen molar-refractivity contribution < 1.29 is 29.0 Å². The third-order valence-corrected chi connectivity index (χ3v) is 7.16. The maximum atomic E-state index is 13.4. The van der Waals surface area contributed by atoms with Crippen molar-refractivity contribution >= 4 is 50.4 Å². The molecule has 2 heterocycles. The first-order chi connectivity index (χ1) is 18.4. The number of carbonyl (C=O) groups is 3. The molecule has 0 saturated heterocycles. The Balaban J connectivity index is 1.60. The molecule has 1 aliphatic rings. The van der Waals surface area contributed by atoms with E-state index in [1.807, 2.05) is 30.3 Å². The zero-order valence-electron chi connectivity index (χ0n) is 20.5. The largest absolute Gasteiger partial charge is 0.503 e. The molecule has 0 fully saturated rings. The Morgan fingerprint density at radius 1 is 1.03 bits per heavy atom. The van der Waals surface area contributed by atoms with Crippen LogP contribution in [-0.2, 0) is 14.3 Å². The number of rotatable bonds is 7. The summed E-state index contributed by atoms with van der Waals surface area (Å²) in [5.41, 5.74) is 2.18. The molecule has 190 valence electrons. The lowest BCUT2D eigenvalue weighted by Gasteiger charge is -2.24. The van der Waals surface area contributed by atoms with Crippen LogP contribution in [0.2, 0.25) is 0 Å². The van der Waals surface area contributed by atoms with Gasteiger partial charge < -0.3 is 14.6 Å². The minimum atomic E-state index is -0.968. The van der Waals surface area contributed by atoms with Crippen LogP contribution in [0.25, 0.3) is 16.3 Å². The number of thiazole rings is 1. The average Bonchev–Trinajstić information content (AvgIpc) is 3.49. The van der Waals surface area contributed by atoms with Crippen LogP contribution in [-0.4, -0.2) is 42.0 Å². The minimum Gasteiger partial charge on any atom is -0.503 e. The Morgan fingerprint density at radius 2 is 1.76 bits per heavy atom. The van der Waals surface area contributed by atoms with Crippen LogP contribution in [0, 0.1) is 0 Å². The topological polar surface area (TPSA) is 106 Å². The van der Waals surface area contributed by atoms with Crippen molar-refractivity contribution in [2.24, 2.45) is 0 Å². The maximum Gasteiger partial charge on any atom is 0.337 e. The van der Waals surface area contributed by atoms with Crippen LogP contribution in [0.4, 0.5) is 5.13 Å². The van der Waals surface area contributed by atoms with E-state index in [2.05, 4.69) is 4.98 Å². The number of hydrogen-bond donors (Lipinski definition) is 1. The Labute approximate surface area is 222 Å². The molecular formula is C29H22N2O6S. The van der Waals surface area contributed by atoms with Crippen molar-refractivity contribution in [3.8, 4) is 5.75 Å². The van der Waals surface area contributed by atoms with Crippen molar-refractivity contribution in [1.29, 1.82) is 0 Å². The lowest BCUT2D eigenvalue weighted by molar-refractivity contribution is -0.117. The molecule has 1 atom stereocenters. The molecule has 1 amide bonds. The van der Waals surface area contributed by atoms with E-state index in [0.29, 0.717) is 27.5 Å². The minimum absolute atomic E-state index is 0.0789. The van der Waals surface area contributed by atoms with Gasteiger partial charge in [0.1, 0.15) is 5.75 Å². The van der Waals surface area contributed by atoms with Crippen LogP contribution >= 0.6 is 11.3 Å². The fourth-order valence-corrected chi connectivity index (χ4v) is 5.26. The van der Waals surface area contributed by atoms with E-state index in [1.54, 1.807) is 55.7 Å². The molecule has 0 bridgehead atoms. The normalized spacial score (nSPS) is 15.5. The number of methoxy groups -OCH3 is 2. The molecule has 8 nitrogen and oxygen atoms in total. The molecule has 5 rings (SSSR count). The van der Waals surface area contributed by atoms with Crippen molar-refractivity contribution in [3.05, 3.63) is 107 Å². The number of carbonyl (C=O) groups excluding carboxylic acids is 3. The fourth-order valence-electron chi connectivity index (χ4n) is 4.24. The first kappa shape index (κ1) is 24.9. The standard InChI is InChI=1S/C29H22N2O6S/c1-36-20-13-14-21-23(16-20)38-29(30-21)31-25(18-9-11-19(12-10-18)28(35)37-2)24(26(33)27(31)34)22(32)15-8-17-6-4-3-5-7-17/h3-16,25,33H,1-2H3/b15-8+. The lowest BCUT2D eigenvalue weighted by Crippen LogP contribution is -2.30. The van der Waals surface area contributed by atoms with E-state index in [-0.39, 0.29) is 5.57 Å². The number of nitrogens with zero attached hydrogens (tertiary/aromatic N) is 2. The highest BCUT2D eigenvalue weighted by Crippen LogP contribution is 2.44. The van der Waals surface area contributed by atoms with Gasteiger partial charge in [-0.15, -0.1) is 0 Å². The Morgan fingerprint density at radius 3 is 2.45 bits per heavy atom. The average molecular weight is 527 g/mol. The van der Waals surface area contributed by atoms with E-state index in [1.165, 1.54) is 29.4 Å². The molecule has 0 aliphatic carbocycles. The number of amides is 1. The number of ketones is 1. The summed E-state index contributed by atoms with van der Waals surface area (Å²) in [5.74, 6) is -1.79. The number of benzene rings is 3. The summed E-state index contributed by atoms with van der Waals surface area (Å²) in [6, 6.07) is 19.9. The van der Waals surface area contributed by atoms with Gasteiger partial charge in [-0.25, -0.2) is 9.78 Å². The number of ether oxygens (including phenoxy) is 2. The van der Waals surface area contributed by atoms with Crippen molar-refractivity contribution in [3.63, 3.8) is 0 Å². The lowest BCUT2D eigenvalue weighted by atomic mass is 9.95. The monoisotopic (exact) mass is 526 g/mol. The maximum absolute atomic E-state index is 13.4. The summed E-state index contributed by atoms with van der Waals surface area (Å²) in [5, 5.41) is 11.3. The molecule has 0 saturated carbocycles. The molecule has 1 aromatic heterocycles. The summed E-state index contributed by atoms with van der Waals surface area (Å²) < 4.78 is 10.8. The van der Waals surface area contributed by atoms with E-state index < -0.39 is 29.5 Å². The highest BCUT2D eigenvalue weighted by atomic mass is 32.1. The zero-order chi connectivity index (χ0) is 26.8. The quantitative estimate of drug-likeness (QED) is 0.258. The SMILES string of the molecule is COC(=O)c1ccc(C2C(C(=O)/C=C/c3ccccc3)=C(O)C(=O)N2c2nc3ccc(OC)cc3s2)cc1. The highest BCUT2D eigenvalue weighted by Gasteiger charge is 2.45. The number of esters is 1. The number of anilines is 1. The number of allylic oxidation sites excluding steroid dienone is 1. The molecule has 1 aliphatic heterocycles. The van der Waals surface area contributed by atoms with Crippen LogP contribution in [0.15, 0.2) is 90.2 Å². The van der Waals surface area contributed by atoms with Gasteiger partial charge in [0.15, 0.2) is 16.7 Å². The van der Waals surface area contributed by atoms with Crippen LogP contribution in [0.1, 0.15) is 27.5 Å². The Bertz CT molecular complexity index is 1610. The van der Waals surface area contributed by atoms with E-state index >= 15 is 0 Å². The molecular weight excluding hydrogens is 504 g/mol. The molecule has 9 heteroatoms. The predicted octanol–water partition coefficient (Wildman–Crippen LogP) is 5.27. The highest BCUT2D eigenvalue weighted by molar-refractivity contribution is 7.22. The van der Waals surface area contributed by atoms with Crippen molar-refractivity contribution in [2.75, 3.05) is 19.1 Å². The van der Waals surface area contributed by atoms with E-state index in [9.17, 15) is 19.5 Å². The van der Waals surface area contributed by atoms with Gasteiger partial charge in [0.25, 0.3) is 5.91 Å². The third-order valence-electron chi connectivity index (χ3n) is 6.14. The zero-order valence-corrected chi connectivity index (χ0v) is 21.3. The van der Waals surface area contributed by atoms with Crippen molar-refractivity contribution in [1.82, 2.24) is 4.98 Å². The summed E-state index contributed by atoms with van der Waals surface area (Å²) in [6.45, 7) is 0. The number of aliphatic hydroxyl groups excluding tert-OH is 1. The number of hydrogen-bond acceptors (Lipinski definition) is 8. The third kappa shape index (κ3) is 4.55. The summed E-state index contributed by atoms with van der Waals surface area (Å²) >= 11 is 1.24. The number of aromatic nitrogens is 1. The second kappa shape index (κ2) is 10.3. The first-order valence-electron chi connectivity index (χ1n) is 11.6. The van der Waals surface area contributed by atoms with E-state index in [4.69, 9.17) is 9.47 Å². The van der Waals surface area contributed by atoms with Gasteiger partial charge in [-0.3, -0.25) is 14.5 Å². The molecule has 1 unspecified atom stereocenters. The molecule has 0 radical (unpaired) electrons. The van der Waals surface area contributed by atoms with Gasteiger partial charge in [0.2, 0.25) is 0 Å². The van der Waals surface area contributed by atoms with Gasteiger partial charge in [-0.1, -0.05) is 59.9 Å². The van der Waals surface area contributed by atoms with E-state index in [0.717, 1.165) is 10.3 Å². The first-order valence-corrected chi connectivity index (χ1v) is 12.4. The van der Waals surface area contributed by atoms with Crippen LogP contribution in [0.5, 0.6) is 5.75 Å². The number of fused-ring (bicyclic) bond motifs is 1. The summed E-state index contributed by atoms with van der Waals surface area (Å²) in [4.78, 5) is 44.7. The smallest absolute Gasteiger partial charge is 0.337 e. The van der Waals surface area contributed by atoms with Gasteiger partial charge >= 0.3 is 5.97 Å². The number of aliphatic hydroxyl groups is 1. The van der Waals surface area contributed by atoms with Crippen molar-refractivity contribution in [2.45, 2.75) is 6.04 Å². The van der Waals surface area contributed by atoms with Crippen LogP contribution in [0.3, 0.4) is 0 Å².